The van der Waals surface area contributed by atoms with Crippen LogP contribution in [0.25, 0.3) is 0 Å². The molecular weight excluding hydrogens is 333 g/mol. The van der Waals surface area contributed by atoms with Gasteiger partial charge in [0.05, 0.1) is 12.7 Å². The fourth-order valence-electron chi connectivity index (χ4n) is 3.87. The van der Waals surface area contributed by atoms with Gasteiger partial charge in [-0.15, -0.1) is 0 Å². The third-order valence-electron chi connectivity index (χ3n) is 5.49. The van der Waals surface area contributed by atoms with Crippen LogP contribution in [0.3, 0.4) is 0 Å². The molecule has 5 heteroatoms. The predicted octanol–water partition coefficient (Wildman–Crippen LogP) is 3.58. The molecule has 0 bridgehead atoms. The maximum Gasteiger partial charge on any atom is 0.251 e. The number of hydrogen-bond acceptors (Lipinski definition) is 3. The van der Waals surface area contributed by atoms with Gasteiger partial charge in [-0.3, -0.25) is 4.79 Å². The van der Waals surface area contributed by atoms with E-state index in [4.69, 9.17) is 9.47 Å². The Kier molecular flexibility index (Phi) is 7.03. The van der Waals surface area contributed by atoms with Gasteiger partial charge in [0.15, 0.2) is 0 Å². The van der Waals surface area contributed by atoms with Crippen molar-refractivity contribution in [3.63, 3.8) is 0 Å². The number of carbonyl (C=O) groups excluding carboxylic acids is 1. The third kappa shape index (κ3) is 5.52. The van der Waals surface area contributed by atoms with Crippen molar-refractivity contribution in [1.29, 1.82) is 0 Å². The molecule has 2 fully saturated rings. The summed E-state index contributed by atoms with van der Waals surface area (Å²) in [5, 5.41) is 0. The van der Waals surface area contributed by atoms with Crippen LogP contribution in [0.15, 0.2) is 24.3 Å². The van der Waals surface area contributed by atoms with Crippen LogP contribution in [-0.2, 0) is 20.7 Å². The first-order chi connectivity index (χ1) is 12.6. The Hall–Kier alpha value is -1.46. The van der Waals surface area contributed by atoms with Gasteiger partial charge < -0.3 is 14.4 Å². The minimum Gasteiger partial charge on any atom is -0.376 e. The van der Waals surface area contributed by atoms with Crippen LogP contribution in [0.5, 0.6) is 0 Å². The smallest absolute Gasteiger partial charge is 0.251 e. The van der Waals surface area contributed by atoms with Crippen molar-refractivity contribution in [3.8, 4) is 0 Å². The molecule has 2 atom stereocenters. The first-order valence-corrected chi connectivity index (χ1v) is 9.88. The van der Waals surface area contributed by atoms with Crippen LogP contribution in [0.2, 0.25) is 0 Å². The molecular formula is C21H30FNO3. The monoisotopic (exact) mass is 363 g/mol. The van der Waals surface area contributed by atoms with Crippen LogP contribution >= 0.6 is 0 Å². The van der Waals surface area contributed by atoms with Crippen molar-refractivity contribution in [1.82, 2.24) is 4.90 Å². The van der Waals surface area contributed by atoms with E-state index in [0.29, 0.717) is 12.5 Å². The zero-order chi connectivity index (χ0) is 18.4. The van der Waals surface area contributed by atoms with E-state index in [1.807, 2.05) is 17.9 Å². The maximum atomic E-state index is 13.3. The lowest BCUT2D eigenvalue weighted by atomic mass is 9.90. The van der Waals surface area contributed by atoms with Gasteiger partial charge in [-0.05, 0) is 69.1 Å². The summed E-state index contributed by atoms with van der Waals surface area (Å²) in [5.74, 6) is 0.403. The summed E-state index contributed by atoms with van der Waals surface area (Å²) in [6, 6.07) is 6.83. The molecule has 0 saturated carbocycles. The number of piperidine rings is 1. The Balaban J connectivity index is 1.39. The normalized spacial score (nSPS) is 23.0. The molecule has 26 heavy (non-hydrogen) atoms. The second-order valence-corrected chi connectivity index (χ2v) is 7.57. The van der Waals surface area contributed by atoms with Gasteiger partial charge in [0.1, 0.15) is 11.9 Å². The lowest BCUT2D eigenvalue weighted by Crippen LogP contribution is -2.44. The summed E-state index contributed by atoms with van der Waals surface area (Å²) in [7, 11) is 0. The minimum absolute atomic E-state index is 0.0741. The molecule has 4 nitrogen and oxygen atoms in total. The summed E-state index contributed by atoms with van der Waals surface area (Å²) in [5.41, 5.74) is 1.04. The first kappa shape index (κ1) is 19.3. The van der Waals surface area contributed by atoms with Crippen molar-refractivity contribution >= 4 is 5.91 Å². The van der Waals surface area contributed by atoms with E-state index in [9.17, 15) is 9.18 Å². The van der Waals surface area contributed by atoms with Crippen molar-refractivity contribution in [2.45, 2.75) is 57.7 Å². The molecule has 0 N–H and O–H groups in total. The molecule has 0 spiro atoms. The molecule has 2 heterocycles. The van der Waals surface area contributed by atoms with Crippen LogP contribution in [-0.4, -0.2) is 49.3 Å². The molecule has 144 valence electrons. The highest BCUT2D eigenvalue weighted by atomic mass is 19.1. The number of rotatable bonds is 6. The van der Waals surface area contributed by atoms with Crippen molar-refractivity contribution in [2.75, 3.05) is 26.3 Å². The predicted molar refractivity (Wildman–Crippen MR) is 98.4 cm³/mol. The van der Waals surface area contributed by atoms with E-state index in [0.717, 1.165) is 57.4 Å². The van der Waals surface area contributed by atoms with Gasteiger partial charge in [0.2, 0.25) is 0 Å². The average Bonchev–Trinajstić information content (AvgIpc) is 2.67. The number of benzene rings is 1. The lowest BCUT2D eigenvalue weighted by Gasteiger charge is -2.34. The fraction of sp³-hybridized carbons (Fsp3) is 0.667. The number of likely N-dealkylation sites (tertiary alicyclic amines) is 1. The van der Waals surface area contributed by atoms with Crippen LogP contribution in [0.4, 0.5) is 4.39 Å². The second kappa shape index (κ2) is 9.47. The minimum atomic E-state index is -0.416. The average molecular weight is 363 g/mol. The highest BCUT2D eigenvalue weighted by molar-refractivity contribution is 5.80. The molecule has 2 saturated heterocycles. The molecule has 0 radical (unpaired) electrons. The number of hydrogen-bond donors (Lipinski definition) is 0. The molecule has 2 aliphatic heterocycles. The molecule has 1 aromatic rings. The van der Waals surface area contributed by atoms with Crippen LogP contribution < -0.4 is 0 Å². The molecule has 1 aromatic carbocycles. The number of amides is 1. The van der Waals surface area contributed by atoms with Gasteiger partial charge in [-0.2, -0.15) is 0 Å². The topological polar surface area (TPSA) is 38.8 Å². The Bertz CT molecular complexity index is 580. The quantitative estimate of drug-likeness (QED) is 0.775. The summed E-state index contributed by atoms with van der Waals surface area (Å²) in [4.78, 5) is 14.5. The fourth-order valence-corrected chi connectivity index (χ4v) is 3.87. The van der Waals surface area contributed by atoms with Crippen molar-refractivity contribution < 1.29 is 18.7 Å². The van der Waals surface area contributed by atoms with Gasteiger partial charge >= 0.3 is 0 Å². The van der Waals surface area contributed by atoms with E-state index in [1.54, 1.807) is 12.1 Å². The number of carbonyl (C=O) groups is 1. The largest absolute Gasteiger partial charge is 0.376 e. The molecule has 0 aliphatic carbocycles. The lowest BCUT2D eigenvalue weighted by molar-refractivity contribution is -0.147. The molecule has 3 rings (SSSR count). The van der Waals surface area contributed by atoms with Gasteiger partial charge in [0, 0.05) is 19.7 Å². The Labute approximate surface area is 155 Å². The molecule has 1 amide bonds. The van der Waals surface area contributed by atoms with Gasteiger partial charge in [-0.1, -0.05) is 12.1 Å². The number of ether oxygens (including phenoxy) is 2. The third-order valence-corrected chi connectivity index (χ3v) is 5.49. The summed E-state index contributed by atoms with van der Waals surface area (Å²) in [6.45, 7) is 4.65. The standard InChI is InChI=1S/C21H30FNO3/c1-16(26-15-20-7-2-3-12-25-20)21(24)23-10-8-17(9-11-23)13-18-5-4-6-19(22)14-18/h4-6,14,16-17,20H,2-3,7-13,15H2,1H3. The second-order valence-electron chi connectivity index (χ2n) is 7.57. The first-order valence-electron chi connectivity index (χ1n) is 9.88. The van der Waals surface area contributed by atoms with Crippen LogP contribution in [0.1, 0.15) is 44.6 Å². The van der Waals surface area contributed by atoms with Crippen molar-refractivity contribution in [3.05, 3.63) is 35.6 Å². The summed E-state index contributed by atoms with van der Waals surface area (Å²) < 4.78 is 24.7. The zero-order valence-corrected chi connectivity index (χ0v) is 15.7. The number of nitrogens with zero attached hydrogens (tertiary/aromatic N) is 1. The Morgan fingerprint density at radius 1 is 1.31 bits per heavy atom. The van der Waals surface area contributed by atoms with E-state index >= 15 is 0 Å². The summed E-state index contributed by atoms with van der Waals surface area (Å²) in [6.07, 6.45) is 5.83. The Morgan fingerprint density at radius 2 is 2.12 bits per heavy atom. The Morgan fingerprint density at radius 3 is 2.81 bits per heavy atom. The van der Waals surface area contributed by atoms with E-state index in [-0.39, 0.29) is 17.8 Å². The highest BCUT2D eigenvalue weighted by Crippen LogP contribution is 2.23. The van der Waals surface area contributed by atoms with Crippen LogP contribution in [0, 0.1) is 11.7 Å². The highest BCUT2D eigenvalue weighted by Gasteiger charge is 2.27. The molecule has 2 unspecified atom stereocenters. The molecule has 0 aromatic heterocycles. The maximum absolute atomic E-state index is 13.3. The van der Waals surface area contributed by atoms with Gasteiger partial charge in [0.25, 0.3) is 5.91 Å². The molecule has 2 aliphatic rings. The SMILES string of the molecule is CC(OCC1CCCCO1)C(=O)N1CCC(Cc2cccc(F)c2)CC1. The summed E-state index contributed by atoms with van der Waals surface area (Å²) >= 11 is 0. The van der Waals surface area contributed by atoms with Crippen molar-refractivity contribution in [2.24, 2.45) is 5.92 Å². The van der Waals surface area contributed by atoms with E-state index in [2.05, 4.69) is 0 Å². The number of halogens is 1. The van der Waals surface area contributed by atoms with E-state index < -0.39 is 6.10 Å². The van der Waals surface area contributed by atoms with Gasteiger partial charge in [-0.25, -0.2) is 4.39 Å². The van der Waals surface area contributed by atoms with E-state index in [1.165, 1.54) is 12.5 Å². The zero-order valence-electron chi connectivity index (χ0n) is 15.7.